The van der Waals surface area contributed by atoms with Gasteiger partial charge in [-0.1, -0.05) is 44.1 Å². The van der Waals surface area contributed by atoms with E-state index in [1.54, 1.807) is 12.2 Å². The number of carboxylic acid groups (broad SMARTS) is 1. The molecule has 1 fully saturated rings. The minimum Gasteiger partial charge on any atom is -0.481 e. The topological polar surface area (TPSA) is 94.8 Å². The molecule has 1 saturated carbocycles. The van der Waals surface area contributed by atoms with E-state index in [1.165, 1.54) is 12.8 Å². The summed E-state index contributed by atoms with van der Waals surface area (Å²) in [5.74, 6) is -1.57. The normalized spacial score (nSPS) is 25.2. The van der Waals surface area contributed by atoms with Gasteiger partial charge in [0.2, 0.25) is 0 Å². The van der Waals surface area contributed by atoms with Crippen LogP contribution < -0.4 is 0 Å². The van der Waals surface area contributed by atoms with Crippen LogP contribution in [-0.2, 0) is 9.59 Å². The molecule has 1 rings (SSSR count). The molecular formula is C20H32O5. The second-order valence-electron chi connectivity index (χ2n) is 6.86. The second-order valence-corrected chi connectivity index (χ2v) is 6.86. The highest BCUT2D eigenvalue weighted by atomic mass is 16.4. The number of allylic oxidation sites excluding steroid dienone is 1. The van der Waals surface area contributed by atoms with Gasteiger partial charge >= 0.3 is 5.97 Å². The number of aliphatic carboxylic acids is 1. The molecule has 3 N–H and O–H groups in total. The van der Waals surface area contributed by atoms with Crippen LogP contribution in [0.3, 0.4) is 0 Å². The average molecular weight is 352 g/mol. The maximum absolute atomic E-state index is 12.0. The Labute approximate surface area is 150 Å². The van der Waals surface area contributed by atoms with Crippen molar-refractivity contribution in [3.63, 3.8) is 0 Å². The molecule has 0 spiro atoms. The largest absolute Gasteiger partial charge is 0.481 e. The summed E-state index contributed by atoms with van der Waals surface area (Å²) < 4.78 is 0. The van der Waals surface area contributed by atoms with Gasteiger partial charge in [0.05, 0.1) is 12.2 Å². The first kappa shape index (κ1) is 21.6. The highest BCUT2D eigenvalue weighted by molar-refractivity contribution is 5.84. The Balaban J connectivity index is 2.45. The molecule has 4 atom stereocenters. The minimum atomic E-state index is -0.876. The van der Waals surface area contributed by atoms with Crippen molar-refractivity contribution >= 4 is 11.8 Å². The van der Waals surface area contributed by atoms with Crippen molar-refractivity contribution in [2.45, 2.75) is 76.9 Å². The SMILES string of the molecule is CCCCC/C=C\C[C@@H](O)/C=C/[C@@H]1[C@H](CCCC(=O)O)C(=O)C[C@@H]1O. The number of ketones is 1. The number of carboxylic acids is 1. The van der Waals surface area contributed by atoms with Crippen LogP contribution in [-0.4, -0.2) is 39.3 Å². The summed E-state index contributed by atoms with van der Waals surface area (Å²) in [4.78, 5) is 22.6. The van der Waals surface area contributed by atoms with Crippen LogP contribution in [0.15, 0.2) is 24.3 Å². The smallest absolute Gasteiger partial charge is 0.303 e. The van der Waals surface area contributed by atoms with Crippen molar-refractivity contribution < 1.29 is 24.9 Å². The molecule has 0 saturated heterocycles. The van der Waals surface area contributed by atoms with E-state index in [0.717, 1.165) is 12.8 Å². The lowest BCUT2D eigenvalue weighted by atomic mass is 9.89. The van der Waals surface area contributed by atoms with E-state index in [1.807, 2.05) is 6.08 Å². The Morgan fingerprint density at radius 3 is 2.72 bits per heavy atom. The molecule has 5 nitrogen and oxygen atoms in total. The summed E-state index contributed by atoms with van der Waals surface area (Å²) in [5, 5.41) is 28.8. The zero-order valence-electron chi connectivity index (χ0n) is 15.1. The molecule has 0 heterocycles. The number of hydrogen-bond donors (Lipinski definition) is 3. The van der Waals surface area contributed by atoms with Crippen LogP contribution in [0.2, 0.25) is 0 Å². The first-order chi connectivity index (χ1) is 12.0. The Morgan fingerprint density at radius 2 is 2.04 bits per heavy atom. The molecule has 0 aliphatic heterocycles. The summed E-state index contributed by atoms with van der Waals surface area (Å²) in [6, 6.07) is 0. The molecule has 0 bridgehead atoms. The number of carbonyl (C=O) groups excluding carboxylic acids is 1. The van der Waals surface area contributed by atoms with Gasteiger partial charge in [0.1, 0.15) is 5.78 Å². The molecule has 0 aromatic carbocycles. The predicted molar refractivity (Wildman–Crippen MR) is 97.1 cm³/mol. The van der Waals surface area contributed by atoms with Crippen LogP contribution in [0.4, 0.5) is 0 Å². The Morgan fingerprint density at radius 1 is 1.28 bits per heavy atom. The molecule has 25 heavy (non-hydrogen) atoms. The maximum Gasteiger partial charge on any atom is 0.303 e. The molecule has 1 aliphatic carbocycles. The number of carbonyl (C=O) groups is 2. The van der Waals surface area contributed by atoms with E-state index >= 15 is 0 Å². The average Bonchev–Trinajstić information content (AvgIpc) is 2.82. The molecule has 0 aromatic rings. The van der Waals surface area contributed by atoms with Gasteiger partial charge in [-0.15, -0.1) is 0 Å². The third-order valence-corrected chi connectivity index (χ3v) is 4.71. The van der Waals surface area contributed by atoms with E-state index in [4.69, 9.17) is 5.11 Å². The summed E-state index contributed by atoms with van der Waals surface area (Å²) >= 11 is 0. The predicted octanol–water partition coefficient (Wildman–Crippen LogP) is 3.25. The van der Waals surface area contributed by atoms with Gasteiger partial charge in [0.15, 0.2) is 0 Å². The Hall–Kier alpha value is -1.46. The van der Waals surface area contributed by atoms with Crippen molar-refractivity contribution in [3.8, 4) is 0 Å². The number of Topliss-reactive ketones (excluding diaryl/α,β-unsaturated/α-hetero) is 1. The minimum absolute atomic E-state index is 0.0159. The van der Waals surface area contributed by atoms with E-state index in [0.29, 0.717) is 19.3 Å². The van der Waals surface area contributed by atoms with Gasteiger partial charge in [0.25, 0.3) is 0 Å². The van der Waals surface area contributed by atoms with Crippen molar-refractivity contribution in [1.29, 1.82) is 0 Å². The van der Waals surface area contributed by atoms with Crippen molar-refractivity contribution in [2.24, 2.45) is 11.8 Å². The fourth-order valence-corrected chi connectivity index (χ4v) is 3.27. The Kier molecular flexibility index (Phi) is 10.3. The molecule has 142 valence electrons. The van der Waals surface area contributed by atoms with Gasteiger partial charge in [-0.25, -0.2) is 0 Å². The monoisotopic (exact) mass is 352 g/mol. The quantitative estimate of drug-likeness (QED) is 0.370. The van der Waals surface area contributed by atoms with Gasteiger partial charge < -0.3 is 15.3 Å². The van der Waals surface area contributed by atoms with E-state index < -0.39 is 18.2 Å². The molecular weight excluding hydrogens is 320 g/mol. The summed E-state index contributed by atoms with van der Waals surface area (Å²) in [6.45, 7) is 2.16. The van der Waals surface area contributed by atoms with Crippen molar-refractivity contribution in [2.75, 3.05) is 0 Å². The van der Waals surface area contributed by atoms with Crippen LogP contribution >= 0.6 is 0 Å². The molecule has 0 amide bonds. The van der Waals surface area contributed by atoms with Gasteiger partial charge in [-0.05, 0) is 32.1 Å². The number of aliphatic hydroxyl groups is 2. The van der Waals surface area contributed by atoms with Crippen LogP contribution in [0.25, 0.3) is 0 Å². The number of rotatable bonds is 12. The van der Waals surface area contributed by atoms with Crippen molar-refractivity contribution in [3.05, 3.63) is 24.3 Å². The second kappa shape index (κ2) is 12.0. The number of unbranched alkanes of at least 4 members (excludes halogenated alkanes) is 3. The maximum atomic E-state index is 12.0. The highest BCUT2D eigenvalue weighted by Gasteiger charge is 2.39. The van der Waals surface area contributed by atoms with Crippen molar-refractivity contribution in [1.82, 2.24) is 0 Å². The zero-order chi connectivity index (χ0) is 18.7. The van der Waals surface area contributed by atoms with Crippen LogP contribution in [0.5, 0.6) is 0 Å². The van der Waals surface area contributed by atoms with E-state index in [9.17, 15) is 19.8 Å². The highest BCUT2D eigenvalue weighted by Crippen LogP contribution is 2.34. The number of aliphatic hydroxyl groups excluding tert-OH is 2. The molecule has 0 radical (unpaired) electrons. The van der Waals surface area contributed by atoms with E-state index in [2.05, 4.69) is 13.0 Å². The molecule has 0 unspecified atom stereocenters. The van der Waals surface area contributed by atoms with Crippen LogP contribution in [0.1, 0.15) is 64.7 Å². The van der Waals surface area contributed by atoms with Crippen LogP contribution in [0, 0.1) is 11.8 Å². The lowest BCUT2D eigenvalue weighted by molar-refractivity contribution is -0.137. The van der Waals surface area contributed by atoms with E-state index in [-0.39, 0.29) is 30.5 Å². The fourth-order valence-electron chi connectivity index (χ4n) is 3.27. The zero-order valence-corrected chi connectivity index (χ0v) is 15.1. The lowest BCUT2D eigenvalue weighted by Gasteiger charge is -2.17. The first-order valence-electron chi connectivity index (χ1n) is 9.39. The third kappa shape index (κ3) is 8.45. The number of hydrogen-bond acceptors (Lipinski definition) is 4. The summed E-state index contributed by atoms with van der Waals surface area (Å²) in [6.07, 6.45) is 12.2. The van der Waals surface area contributed by atoms with Gasteiger partial charge in [-0.2, -0.15) is 0 Å². The summed E-state index contributed by atoms with van der Waals surface area (Å²) in [5.41, 5.74) is 0. The van der Waals surface area contributed by atoms with Gasteiger partial charge in [0, 0.05) is 24.7 Å². The summed E-state index contributed by atoms with van der Waals surface area (Å²) in [7, 11) is 0. The lowest BCUT2D eigenvalue weighted by Crippen LogP contribution is -2.19. The molecule has 1 aliphatic rings. The Bertz CT molecular complexity index is 469. The van der Waals surface area contributed by atoms with Gasteiger partial charge in [-0.3, -0.25) is 9.59 Å². The molecule has 0 aromatic heterocycles. The first-order valence-corrected chi connectivity index (χ1v) is 9.39. The fraction of sp³-hybridized carbons (Fsp3) is 0.700. The standard InChI is InChI=1S/C20H32O5/c1-2-3-4-5-6-7-9-15(21)12-13-17-16(10-8-11-20(24)25)18(22)14-19(17)23/h6-7,12-13,15-17,19,21,23H,2-5,8-11,14H2,1H3,(H,24,25)/b7-6-,13-12+/t15-,16+,17-,19+/m1/s1. The molecule has 5 heteroatoms. The third-order valence-electron chi connectivity index (χ3n) is 4.71.